The number of anilines is 3. The van der Waals surface area contributed by atoms with Gasteiger partial charge in [0.2, 0.25) is 0 Å². The van der Waals surface area contributed by atoms with Crippen LogP contribution in [0.5, 0.6) is 0 Å². The molecule has 0 atom stereocenters. The van der Waals surface area contributed by atoms with Crippen LogP contribution < -0.4 is 4.90 Å². The van der Waals surface area contributed by atoms with Gasteiger partial charge >= 0.3 is 0 Å². The Morgan fingerprint density at radius 1 is 0.297 bits per heavy atom. The molecule has 0 radical (unpaired) electrons. The molecule has 0 amide bonds. The molecule has 0 fully saturated rings. The zero-order valence-electron chi connectivity index (χ0n) is 37.5. The molecule has 1 spiro atoms. The number of fused-ring (bicyclic) bond motifs is 12. The fraction of sp³-hybridized carbons (Fsp3) is 0.143. The molecule has 3 aliphatic rings. The fourth-order valence-corrected chi connectivity index (χ4v) is 12.3. The van der Waals surface area contributed by atoms with Crippen molar-refractivity contribution in [3.8, 4) is 44.5 Å². The summed E-state index contributed by atoms with van der Waals surface area (Å²) in [5.41, 5.74) is 26.4. The van der Waals surface area contributed by atoms with Gasteiger partial charge in [-0.25, -0.2) is 0 Å². The van der Waals surface area contributed by atoms with Gasteiger partial charge in [0.05, 0.1) is 11.1 Å². The maximum atomic E-state index is 2.57. The second-order valence-corrected chi connectivity index (χ2v) is 19.3. The summed E-state index contributed by atoms with van der Waals surface area (Å²) in [6.07, 6.45) is 0. The molecule has 12 rings (SSSR count). The van der Waals surface area contributed by atoms with Gasteiger partial charge in [0.25, 0.3) is 0 Å². The molecule has 1 nitrogen and oxygen atoms in total. The number of nitrogens with zero attached hydrogens (tertiary/aromatic N) is 1. The Morgan fingerprint density at radius 2 is 0.688 bits per heavy atom. The summed E-state index contributed by atoms with van der Waals surface area (Å²) in [5.74, 6) is 0. The summed E-state index contributed by atoms with van der Waals surface area (Å²) >= 11 is 0. The van der Waals surface area contributed by atoms with E-state index < -0.39 is 5.41 Å². The minimum Gasteiger partial charge on any atom is -0.310 e. The van der Waals surface area contributed by atoms with Crippen molar-refractivity contribution in [3.63, 3.8) is 0 Å². The molecule has 0 bridgehead atoms. The van der Waals surface area contributed by atoms with Gasteiger partial charge in [0.1, 0.15) is 0 Å². The van der Waals surface area contributed by atoms with Gasteiger partial charge in [-0.05, 0) is 150 Å². The van der Waals surface area contributed by atoms with Crippen molar-refractivity contribution < 1.29 is 0 Å². The van der Waals surface area contributed by atoms with Gasteiger partial charge in [-0.3, -0.25) is 0 Å². The average Bonchev–Trinajstić information content (AvgIpc) is 3.74. The summed E-state index contributed by atoms with van der Waals surface area (Å²) in [6, 6.07) is 75.6. The molecule has 0 aliphatic heterocycles. The van der Waals surface area contributed by atoms with Crippen molar-refractivity contribution in [2.75, 3.05) is 4.90 Å². The lowest BCUT2D eigenvalue weighted by Crippen LogP contribution is -2.40. The highest BCUT2D eigenvalue weighted by molar-refractivity contribution is 5.94. The molecular formula is C63H51N. The van der Waals surface area contributed by atoms with Crippen LogP contribution in [0.3, 0.4) is 0 Å². The molecule has 9 aromatic rings. The Bertz CT molecular complexity index is 3290. The highest BCUT2D eigenvalue weighted by atomic mass is 15.1. The number of hydrogen-bond acceptors (Lipinski definition) is 1. The topological polar surface area (TPSA) is 3.24 Å². The first-order valence-corrected chi connectivity index (χ1v) is 22.8. The lowest BCUT2D eigenvalue weighted by atomic mass is 9.55. The van der Waals surface area contributed by atoms with Crippen molar-refractivity contribution in [2.24, 2.45) is 0 Å². The lowest BCUT2D eigenvalue weighted by Gasteiger charge is -2.46. The van der Waals surface area contributed by atoms with E-state index in [0.717, 1.165) is 5.69 Å². The molecule has 9 aromatic carbocycles. The number of rotatable bonds is 5. The van der Waals surface area contributed by atoms with Crippen LogP contribution in [0.1, 0.15) is 83.3 Å². The Balaban J connectivity index is 1.12. The average molecular weight is 822 g/mol. The summed E-state index contributed by atoms with van der Waals surface area (Å²) in [4.78, 5) is 2.57. The Kier molecular flexibility index (Phi) is 8.35. The second-order valence-electron chi connectivity index (χ2n) is 19.3. The highest BCUT2D eigenvalue weighted by Gasteiger charge is 2.53. The molecule has 0 unspecified atom stereocenters. The van der Waals surface area contributed by atoms with Crippen LogP contribution in [-0.2, 0) is 16.2 Å². The Morgan fingerprint density at radius 3 is 1.27 bits per heavy atom. The van der Waals surface area contributed by atoms with E-state index in [1.54, 1.807) is 0 Å². The van der Waals surface area contributed by atoms with Crippen LogP contribution in [0.25, 0.3) is 44.5 Å². The van der Waals surface area contributed by atoms with Gasteiger partial charge < -0.3 is 4.90 Å². The van der Waals surface area contributed by atoms with Gasteiger partial charge in [-0.15, -0.1) is 0 Å². The van der Waals surface area contributed by atoms with E-state index in [1.165, 1.54) is 112 Å². The van der Waals surface area contributed by atoms with Gasteiger partial charge in [0.15, 0.2) is 0 Å². The minimum absolute atomic E-state index is 0.144. The molecule has 0 heterocycles. The maximum Gasteiger partial charge on any atom is 0.0720 e. The lowest BCUT2D eigenvalue weighted by molar-refractivity contribution is 0.563. The number of benzene rings is 9. The van der Waals surface area contributed by atoms with Gasteiger partial charge in [-0.2, -0.15) is 0 Å². The predicted molar refractivity (Wildman–Crippen MR) is 268 cm³/mol. The molecule has 308 valence electrons. The largest absolute Gasteiger partial charge is 0.310 e. The van der Waals surface area contributed by atoms with E-state index in [1.807, 2.05) is 0 Å². The smallest absolute Gasteiger partial charge is 0.0720 e. The van der Waals surface area contributed by atoms with E-state index in [0.29, 0.717) is 0 Å². The first kappa shape index (κ1) is 38.5. The van der Waals surface area contributed by atoms with E-state index >= 15 is 0 Å². The molecule has 64 heavy (non-hydrogen) atoms. The maximum absolute atomic E-state index is 2.57. The summed E-state index contributed by atoms with van der Waals surface area (Å²) in [5, 5.41) is 0. The predicted octanol–water partition coefficient (Wildman–Crippen LogP) is 16.4. The Hall–Kier alpha value is -7.22. The molecule has 0 saturated heterocycles. The zero-order chi connectivity index (χ0) is 43.5. The fourth-order valence-electron chi connectivity index (χ4n) is 12.3. The summed E-state index contributed by atoms with van der Waals surface area (Å²) < 4.78 is 0. The third kappa shape index (κ3) is 5.25. The molecule has 0 aromatic heterocycles. The van der Waals surface area contributed by atoms with Gasteiger partial charge in [0, 0.05) is 22.2 Å². The van der Waals surface area contributed by atoms with Crippen LogP contribution in [0.2, 0.25) is 0 Å². The molecule has 3 aliphatic carbocycles. The summed E-state index contributed by atoms with van der Waals surface area (Å²) in [6.45, 7) is 14.2. The van der Waals surface area contributed by atoms with Crippen molar-refractivity contribution in [2.45, 2.75) is 57.8 Å². The number of aryl methyl sites for hydroxylation is 2. The van der Waals surface area contributed by atoms with E-state index in [2.05, 4.69) is 247 Å². The van der Waals surface area contributed by atoms with Crippen LogP contribution in [0.15, 0.2) is 200 Å². The van der Waals surface area contributed by atoms with E-state index in [9.17, 15) is 0 Å². The monoisotopic (exact) mass is 821 g/mol. The molecule has 0 saturated carbocycles. The summed E-state index contributed by atoms with van der Waals surface area (Å²) in [7, 11) is 0. The van der Waals surface area contributed by atoms with Crippen molar-refractivity contribution in [1.82, 2.24) is 0 Å². The number of hydrogen-bond donors (Lipinski definition) is 0. The third-order valence-electron chi connectivity index (χ3n) is 15.2. The first-order valence-electron chi connectivity index (χ1n) is 22.8. The van der Waals surface area contributed by atoms with E-state index in [-0.39, 0.29) is 10.8 Å². The van der Waals surface area contributed by atoms with Crippen LogP contribution in [0.4, 0.5) is 17.1 Å². The van der Waals surface area contributed by atoms with Crippen LogP contribution >= 0.6 is 0 Å². The normalized spacial score (nSPS) is 15.1. The zero-order valence-corrected chi connectivity index (χ0v) is 37.5. The van der Waals surface area contributed by atoms with Crippen molar-refractivity contribution in [3.05, 3.63) is 256 Å². The SMILES string of the molecule is Cc1cc(-c2ccccc2-c2ccccc2)cc(C)c1N(c1ccc2c(c1)C(C)(C)c1ccccc1-2)c1ccc2c(c1)C1(c3ccccc3-2)c2ccccc2C(C)(C)c2ccccc21. The van der Waals surface area contributed by atoms with Gasteiger partial charge in [-0.1, -0.05) is 191 Å². The third-order valence-corrected chi connectivity index (χ3v) is 15.2. The Labute approximate surface area is 378 Å². The van der Waals surface area contributed by atoms with Crippen LogP contribution in [0, 0.1) is 13.8 Å². The molecular weight excluding hydrogens is 771 g/mol. The first-order chi connectivity index (χ1) is 31.1. The minimum atomic E-state index is -0.493. The van der Waals surface area contributed by atoms with E-state index in [4.69, 9.17) is 0 Å². The standard InChI is InChI=1S/C63H51N/c1-40-36-43(47-23-11-10-22-46(47)42-20-8-7-9-21-42)37-41(2)60(40)64(44-32-34-50-48-24-12-14-26-52(48)61(3,4)58(50)38-44)45-33-35-51-49-25-13-15-27-53(49)63(59(51)39-45)56-30-18-16-28-54(56)62(5,6)55-29-17-19-31-57(55)63/h7-39H,1-6H3. The van der Waals surface area contributed by atoms with Crippen LogP contribution in [-0.4, -0.2) is 0 Å². The highest BCUT2D eigenvalue weighted by Crippen LogP contribution is 2.63. The van der Waals surface area contributed by atoms with Crippen molar-refractivity contribution in [1.29, 1.82) is 0 Å². The molecule has 0 N–H and O–H groups in total. The second kappa shape index (κ2) is 13.9. The molecule has 1 heteroatoms. The quantitative estimate of drug-likeness (QED) is 0.167. The van der Waals surface area contributed by atoms with Crippen molar-refractivity contribution >= 4 is 17.1 Å².